The summed E-state index contributed by atoms with van der Waals surface area (Å²) in [7, 11) is -3.01. The van der Waals surface area contributed by atoms with Gasteiger partial charge in [0.15, 0.2) is 5.69 Å². The van der Waals surface area contributed by atoms with Crippen LogP contribution < -0.4 is 5.73 Å². The van der Waals surface area contributed by atoms with E-state index in [4.69, 9.17) is 10.5 Å². The van der Waals surface area contributed by atoms with Gasteiger partial charge in [0.2, 0.25) is 5.88 Å². The Kier molecular flexibility index (Phi) is 3.89. The quantitative estimate of drug-likeness (QED) is 0.758. The molecule has 2 heterocycles. The minimum absolute atomic E-state index is 0.0333. The van der Waals surface area contributed by atoms with E-state index in [9.17, 15) is 18.3 Å². The average Bonchev–Trinajstić information content (AvgIpc) is 2.67. The molecule has 1 aliphatic heterocycles. The lowest BCUT2D eigenvalue weighted by Crippen LogP contribution is -2.26. The Hall–Kier alpha value is -1.77. The van der Waals surface area contributed by atoms with Crippen molar-refractivity contribution in [3.8, 4) is 5.88 Å². The summed E-state index contributed by atoms with van der Waals surface area (Å²) >= 11 is 0. The Morgan fingerprint density at radius 1 is 1.50 bits per heavy atom. The van der Waals surface area contributed by atoms with Crippen LogP contribution in [0.5, 0.6) is 5.88 Å². The van der Waals surface area contributed by atoms with Gasteiger partial charge in [-0.3, -0.25) is 0 Å². The number of aromatic nitrogens is 2. The van der Waals surface area contributed by atoms with Gasteiger partial charge in [0.1, 0.15) is 15.5 Å². The van der Waals surface area contributed by atoms with Gasteiger partial charge in [0, 0.05) is 0 Å². The number of nitrogens with two attached hydrogens (primary N) is 1. The summed E-state index contributed by atoms with van der Waals surface area (Å²) in [6.45, 7) is 1.82. The number of nitrogen functional groups attached to an aromatic ring is 1. The molecular formula is C11H17N3O5S. The number of esters is 1. The highest BCUT2D eigenvalue weighted by atomic mass is 32.2. The molecule has 0 unspecified atom stereocenters. The van der Waals surface area contributed by atoms with Crippen molar-refractivity contribution in [2.75, 3.05) is 23.8 Å². The van der Waals surface area contributed by atoms with Crippen molar-refractivity contribution < 1.29 is 23.1 Å². The zero-order chi connectivity index (χ0) is 14.9. The van der Waals surface area contributed by atoms with Crippen LogP contribution in [0.2, 0.25) is 0 Å². The Bertz CT molecular complexity index is 608. The summed E-state index contributed by atoms with van der Waals surface area (Å²) in [6, 6.07) is -0.288. The Labute approximate surface area is 116 Å². The van der Waals surface area contributed by atoms with E-state index in [2.05, 4.69) is 5.10 Å². The van der Waals surface area contributed by atoms with Crippen LogP contribution in [0.15, 0.2) is 0 Å². The van der Waals surface area contributed by atoms with Gasteiger partial charge in [-0.15, -0.1) is 0 Å². The highest BCUT2D eigenvalue weighted by molar-refractivity contribution is 7.91. The molecule has 0 bridgehead atoms. The van der Waals surface area contributed by atoms with Crippen molar-refractivity contribution in [2.45, 2.75) is 25.8 Å². The second-order valence-corrected chi connectivity index (χ2v) is 6.94. The molecule has 9 heteroatoms. The number of ether oxygens (including phenoxy) is 1. The van der Waals surface area contributed by atoms with Crippen LogP contribution >= 0.6 is 0 Å². The first-order chi connectivity index (χ1) is 9.35. The molecule has 1 aromatic heterocycles. The Morgan fingerprint density at radius 3 is 2.65 bits per heavy atom. The number of nitrogens with zero attached hydrogens (tertiary/aromatic N) is 2. The first-order valence-electron chi connectivity index (χ1n) is 6.30. The summed E-state index contributed by atoms with van der Waals surface area (Å²) in [4.78, 5) is 11.6. The summed E-state index contributed by atoms with van der Waals surface area (Å²) in [5.74, 6) is -0.961. The van der Waals surface area contributed by atoms with Crippen LogP contribution in [0.1, 0.15) is 36.3 Å². The third-order valence-electron chi connectivity index (χ3n) is 3.26. The maximum Gasteiger partial charge on any atom is 0.361 e. The SMILES string of the molecule is CCOC(=O)c1nn(C2CCS(=O)(=O)CC2)c(O)c1N. The molecule has 0 amide bonds. The lowest BCUT2D eigenvalue weighted by atomic mass is 10.2. The monoisotopic (exact) mass is 303 g/mol. The zero-order valence-corrected chi connectivity index (χ0v) is 11.9. The van der Waals surface area contributed by atoms with E-state index in [1.54, 1.807) is 6.92 Å². The topological polar surface area (TPSA) is 125 Å². The molecule has 0 aliphatic carbocycles. The molecule has 1 saturated heterocycles. The molecule has 0 atom stereocenters. The van der Waals surface area contributed by atoms with Gasteiger partial charge in [-0.1, -0.05) is 0 Å². The second-order valence-electron chi connectivity index (χ2n) is 4.63. The molecule has 112 valence electrons. The minimum atomic E-state index is -3.01. The summed E-state index contributed by atoms with van der Waals surface area (Å²) in [6.07, 6.45) is 0.665. The minimum Gasteiger partial charge on any atom is -0.492 e. The average molecular weight is 303 g/mol. The standard InChI is InChI=1S/C11H17N3O5S/c1-2-19-11(16)9-8(12)10(15)14(13-9)7-3-5-20(17,18)6-4-7/h7,15H,2-6,12H2,1H3. The van der Waals surface area contributed by atoms with E-state index in [0.29, 0.717) is 12.8 Å². The van der Waals surface area contributed by atoms with Crippen molar-refractivity contribution >= 4 is 21.5 Å². The predicted octanol–water partition coefficient (Wildman–Crippen LogP) is 0.0973. The number of hydrogen-bond acceptors (Lipinski definition) is 7. The van der Waals surface area contributed by atoms with Gasteiger partial charge >= 0.3 is 5.97 Å². The molecule has 1 fully saturated rings. The van der Waals surface area contributed by atoms with Crippen molar-refractivity contribution in [1.29, 1.82) is 0 Å². The molecule has 3 N–H and O–H groups in total. The third-order valence-corrected chi connectivity index (χ3v) is 4.97. The van der Waals surface area contributed by atoms with Gasteiger partial charge in [-0.2, -0.15) is 5.10 Å². The van der Waals surface area contributed by atoms with E-state index >= 15 is 0 Å². The van der Waals surface area contributed by atoms with Crippen LogP contribution in [0.3, 0.4) is 0 Å². The maximum absolute atomic E-state index is 11.6. The van der Waals surface area contributed by atoms with Gasteiger partial charge in [0.05, 0.1) is 24.2 Å². The van der Waals surface area contributed by atoms with Crippen LogP contribution in [-0.4, -0.2) is 47.4 Å². The molecule has 1 aliphatic rings. The van der Waals surface area contributed by atoms with Gasteiger partial charge < -0.3 is 15.6 Å². The summed E-state index contributed by atoms with van der Waals surface area (Å²) < 4.78 is 28.8. The van der Waals surface area contributed by atoms with Crippen molar-refractivity contribution in [3.63, 3.8) is 0 Å². The highest BCUT2D eigenvalue weighted by Gasteiger charge is 2.30. The maximum atomic E-state index is 11.6. The fraction of sp³-hybridized carbons (Fsp3) is 0.636. The predicted molar refractivity (Wildman–Crippen MR) is 71.2 cm³/mol. The first-order valence-corrected chi connectivity index (χ1v) is 8.12. The van der Waals surface area contributed by atoms with Crippen molar-refractivity contribution in [3.05, 3.63) is 5.69 Å². The summed E-state index contributed by atoms with van der Waals surface area (Å²) in [5, 5.41) is 13.9. The molecule has 0 spiro atoms. The third kappa shape index (κ3) is 2.72. The van der Waals surface area contributed by atoms with E-state index in [0.717, 1.165) is 0 Å². The number of aromatic hydroxyl groups is 1. The fourth-order valence-corrected chi connectivity index (χ4v) is 3.63. The van der Waals surface area contributed by atoms with Crippen LogP contribution in [0.4, 0.5) is 5.69 Å². The number of rotatable bonds is 3. The molecule has 8 nitrogen and oxygen atoms in total. The molecular weight excluding hydrogens is 286 g/mol. The van der Waals surface area contributed by atoms with Crippen molar-refractivity contribution in [1.82, 2.24) is 9.78 Å². The van der Waals surface area contributed by atoms with E-state index in [1.807, 2.05) is 0 Å². The number of anilines is 1. The van der Waals surface area contributed by atoms with Gasteiger partial charge in [-0.25, -0.2) is 17.9 Å². The number of sulfone groups is 1. The van der Waals surface area contributed by atoms with Crippen LogP contribution in [0.25, 0.3) is 0 Å². The second kappa shape index (κ2) is 5.31. The first kappa shape index (κ1) is 14.6. The van der Waals surface area contributed by atoms with Crippen LogP contribution in [-0.2, 0) is 14.6 Å². The zero-order valence-electron chi connectivity index (χ0n) is 11.1. The largest absolute Gasteiger partial charge is 0.492 e. The van der Waals surface area contributed by atoms with E-state index in [-0.39, 0.29) is 41.4 Å². The number of carbonyl (C=O) groups is 1. The Balaban J connectivity index is 2.25. The molecule has 0 aromatic carbocycles. The fourth-order valence-electron chi connectivity index (χ4n) is 2.17. The molecule has 0 radical (unpaired) electrons. The smallest absolute Gasteiger partial charge is 0.361 e. The number of carbonyl (C=O) groups excluding carboxylic acids is 1. The molecule has 1 aromatic rings. The summed E-state index contributed by atoms with van der Waals surface area (Å²) in [5.41, 5.74) is 5.36. The number of hydrogen-bond donors (Lipinski definition) is 2. The molecule has 2 rings (SSSR count). The van der Waals surface area contributed by atoms with Gasteiger partial charge in [0.25, 0.3) is 0 Å². The molecule has 20 heavy (non-hydrogen) atoms. The lowest BCUT2D eigenvalue weighted by molar-refractivity contribution is 0.0519. The van der Waals surface area contributed by atoms with Crippen LogP contribution in [0, 0.1) is 0 Å². The lowest BCUT2D eigenvalue weighted by Gasteiger charge is -2.22. The van der Waals surface area contributed by atoms with E-state index < -0.39 is 15.8 Å². The van der Waals surface area contributed by atoms with Crippen molar-refractivity contribution in [2.24, 2.45) is 0 Å². The highest BCUT2D eigenvalue weighted by Crippen LogP contribution is 2.32. The van der Waals surface area contributed by atoms with E-state index in [1.165, 1.54) is 4.68 Å². The molecule has 0 saturated carbocycles. The Morgan fingerprint density at radius 2 is 2.10 bits per heavy atom. The normalized spacial score (nSPS) is 18.9. The van der Waals surface area contributed by atoms with Gasteiger partial charge in [-0.05, 0) is 19.8 Å².